The van der Waals surface area contributed by atoms with Crippen LogP contribution in [-0.4, -0.2) is 61.1 Å². The molecule has 1 fully saturated rings. The number of benzene rings is 1. The zero-order valence-corrected chi connectivity index (χ0v) is 22.2. The van der Waals surface area contributed by atoms with Gasteiger partial charge in [0.15, 0.2) is 22.6 Å². The summed E-state index contributed by atoms with van der Waals surface area (Å²) >= 11 is 0. The number of nitrogens with zero attached hydrogens (tertiary/aromatic N) is 4. The topological polar surface area (TPSA) is 173 Å². The van der Waals surface area contributed by atoms with E-state index < -0.39 is 56.5 Å². The first-order chi connectivity index (χ1) is 18.4. The third-order valence-electron chi connectivity index (χ3n) is 5.76. The van der Waals surface area contributed by atoms with Gasteiger partial charge in [-0.1, -0.05) is 24.1 Å². The first kappa shape index (κ1) is 28.4. The smallest absolute Gasteiger partial charge is 0.459 e. The fourth-order valence-electron chi connectivity index (χ4n) is 3.86. The number of nitrogens with two attached hydrogens (primary N) is 1. The van der Waals surface area contributed by atoms with Crippen LogP contribution in [-0.2, 0) is 23.4 Å². The maximum absolute atomic E-state index is 13.8. The van der Waals surface area contributed by atoms with Crippen LogP contribution < -0.4 is 15.3 Å². The van der Waals surface area contributed by atoms with Crippen LogP contribution in [0.3, 0.4) is 0 Å². The minimum Gasteiger partial charge on any atom is -0.462 e. The maximum atomic E-state index is 13.8. The van der Waals surface area contributed by atoms with Crippen LogP contribution in [0.1, 0.15) is 33.4 Å². The van der Waals surface area contributed by atoms with E-state index >= 15 is 0 Å². The number of para-hydroxylation sites is 1. The van der Waals surface area contributed by atoms with Gasteiger partial charge in [0, 0.05) is 6.42 Å². The number of terminal acetylenes is 1. The van der Waals surface area contributed by atoms with Crippen molar-refractivity contribution in [3.63, 3.8) is 0 Å². The first-order valence-electron chi connectivity index (χ1n) is 11.9. The molecule has 5 atom stereocenters. The number of aromatic nitrogens is 4. The lowest BCUT2D eigenvalue weighted by molar-refractivity contribution is -0.149. The van der Waals surface area contributed by atoms with Gasteiger partial charge in [-0.3, -0.25) is 13.9 Å². The van der Waals surface area contributed by atoms with Crippen LogP contribution in [0.2, 0.25) is 0 Å². The number of carbonyl (C=O) groups excluding carboxylic acids is 1. The summed E-state index contributed by atoms with van der Waals surface area (Å²) in [6.45, 7) is 4.17. The maximum Gasteiger partial charge on any atom is 0.459 e. The third kappa shape index (κ3) is 6.19. The molecule has 1 saturated heterocycles. The summed E-state index contributed by atoms with van der Waals surface area (Å²) in [6, 6.07) is 7.03. The predicted octanol–water partition coefficient (Wildman–Crippen LogP) is 2.33. The summed E-state index contributed by atoms with van der Waals surface area (Å²) in [6.07, 6.45) is 3.23. The second-order valence-electron chi connectivity index (χ2n) is 9.07. The molecule has 3 aromatic rings. The second-order valence-corrected chi connectivity index (χ2v) is 10.8. The molecule has 0 bridgehead atoms. The standard InChI is InChI=1S/C24H28FN6O7P/c1-5-24(17(32)11-18(37-24)31-13-27-19-20(26)28-23(25)29-21(19)31)12-35-39(34,38-16-9-7-6-8-10-16)30-15(4)22(33)36-14(2)3/h1,6-10,13-15,17-18,32H,11-12H2,2-4H3,(H,30,34)(H2,26,28,29)/t15-,17-,18+,24+,39-/m0/s1. The number of fused-ring (bicyclic) bond motifs is 1. The van der Waals surface area contributed by atoms with Crippen molar-refractivity contribution >= 4 is 30.7 Å². The van der Waals surface area contributed by atoms with Gasteiger partial charge in [-0.05, 0) is 32.9 Å². The number of hydrogen-bond donors (Lipinski definition) is 3. The Morgan fingerprint density at radius 1 is 1.38 bits per heavy atom. The minimum atomic E-state index is -4.30. The van der Waals surface area contributed by atoms with E-state index in [2.05, 4.69) is 26.0 Å². The van der Waals surface area contributed by atoms with E-state index in [4.69, 9.17) is 30.7 Å². The Balaban J connectivity index is 1.57. The van der Waals surface area contributed by atoms with Crippen molar-refractivity contribution in [1.82, 2.24) is 24.6 Å². The Bertz CT molecular complexity index is 1430. The fourth-order valence-corrected chi connectivity index (χ4v) is 5.38. The summed E-state index contributed by atoms with van der Waals surface area (Å²) in [4.78, 5) is 23.6. The monoisotopic (exact) mass is 562 g/mol. The molecule has 39 heavy (non-hydrogen) atoms. The van der Waals surface area contributed by atoms with Gasteiger partial charge in [-0.25, -0.2) is 9.55 Å². The highest BCUT2D eigenvalue weighted by Gasteiger charge is 2.50. The number of halogens is 1. The molecule has 2 aromatic heterocycles. The van der Waals surface area contributed by atoms with Gasteiger partial charge < -0.3 is 24.8 Å². The summed E-state index contributed by atoms with van der Waals surface area (Å²) in [5.41, 5.74) is 4.09. The van der Waals surface area contributed by atoms with Crippen LogP contribution in [0.25, 0.3) is 11.2 Å². The predicted molar refractivity (Wildman–Crippen MR) is 136 cm³/mol. The van der Waals surface area contributed by atoms with Gasteiger partial charge in [-0.15, -0.1) is 6.42 Å². The van der Waals surface area contributed by atoms with E-state index in [1.807, 2.05) is 0 Å². The molecule has 4 N–H and O–H groups in total. The highest BCUT2D eigenvalue weighted by atomic mass is 31.2. The summed E-state index contributed by atoms with van der Waals surface area (Å²) < 4.78 is 51.4. The molecule has 208 valence electrons. The molecule has 4 rings (SSSR count). The highest BCUT2D eigenvalue weighted by Crippen LogP contribution is 2.48. The Hall–Kier alpha value is -3.60. The number of hydrogen-bond acceptors (Lipinski definition) is 11. The third-order valence-corrected chi connectivity index (χ3v) is 7.38. The first-order valence-corrected chi connectivity index (χ1v) is 13.5. The van der Waals surface area contributed by atoms with Gasteiger partial charge in [0.05, 0.1) is 12.4 Å². The number of imidazole rings is 1. The largest absolute Gasteiger partial charge is 0.462 e. The number of rotatable bonds is 10. The van der Waals surface area contributed by atoms with Crippen LogP contribution >= 0.6 is 7.75 Å². The molecule has 0 spiro atoms. The fraction of sp³-hybridized carbons (Fsp3) is 0.417. The Morgan fingerprint density at radius 3 is 2.77 bits per heavy atom. The van der Waals surface area contributed by atoms with E-state index in [9.17, 15) is 18.9 Å². The van der Waals surface area contributed by atoms with Crippen molar-refractivity contribution in [1.29, 1.82) is 0 Å². The molecule has 0 radical (unpaired) electrons. The average Bonchev–Trinajstić information content (AvgIpc) is 3.44. The van der Waals surface area contributed by atoms with Crippen molar-refractivity contribution in [2.45, 2.75) is 57.3 Å². The molecule has 1 aliphatic heterocycles. The second kappa shape index (κ2) is 11.3. The van der Waals surface area contributed by atoms with Gasteiger partial charge in [0.2, 0.25) is 0 Å². The number of esters is 1. The number of anilines is 1. The summed E-state index contributed by atoms with van der Waals surface area (Å²) in [7, 11) is -4.30. The lowest BCUT2D eigenvalue weighted by Gasteiger charge is -2.29. The van der Waals surface area contributed by atoms with Crippen molar-refractivity contribution in [2.24, 2.45) is 0 Å². The van der Waals surface area contributed by atoms with Crippen LogP contribution in [0, 0.1) is 18.4 Å². The van der Waals surface area contributed by atoms with E-state index in [-0.39, 0.29) is 29.2 Å². The molecule has 0 unspecified atom stereocenters. The van der Waals surface area contributed by atoms with Gasteiger partial charge in [0.25, 0.3) is 0 Å². The lowest BCUT2D eigenvalue weighted by atomic mass is 9.99. The number of carbonyl (C=O) groups is 1. The lowest BCUT2D eigenvalue weighted by Crippen LogP contribution is -2.44. The molecule has 0 amide bonds. The van der Waals surface area contributed by atoms with Crippen LogP contribution in [0.5, 0.6) is 5.75 Å². The van der Waals surface area contributed by atoms with E-state index in [1.54, 1.807) is 44.2 Å². The zero-order chi connectivity index (χ0) is 28.4. The molecule has 0 aliphatic carbocycles. The van der Waals surface area contributed by atoms with Crippen molar-refractivity contribution in [2.75, 3.05) is 12.3 Å². The summed E-state index contributed by atoms with van der Waals surface area (Å²) in [5.74, 6) is 1.70. The Morgan fingerprint density at radius 2 is 2.10 bits per heavy atom. The molecule has 1 aromatic carbocycles. The SMILES string of the molecule is C#C[C@]1(CO[P@@](=O)(N[C@@H](C)C(=O)OC(C)C)Oc2ccccc2)O[C@@H](n2cnc3c(N)nc(F)nc32)C[C@@H]1O. The molecule has 0 saturated carbocycles. The molecular formula is C24H28FN6O7P. The van der Waals surface area contributed by atoms with Crippen molar-refractivity contribution in [3.05, 3.63) is 42.7 Å². The summed E-state index contributed by atoms with van der Waals surface area (Å²) in [5, 5.41) is 13.5. The highest BCUT2D eigenvalue weighted by molar-refractivity contribution is 7.52. The molecule has 13 nitrogen and oxygen atoms in total. The van der Waals surface area contributed by atoms with Gasteiger partial charge in [0.1, 0.15) is 30.7 Å². The number of aliphatic hydroxyl groups is 1. The number of aliphatic hydroxyl groups excluding tert-OH is 1. The normalized spacial score (nSPS) is 23.3. The Kier molecular flexibility index (Phi) is 8.20. The molecule has 3 heterocycles. The number of nitrogen functional groups attached to an aromatic ring is 1. The number of ether oxygens (including phenoxy) is 2. The van der Waals surface area contributed by atoms with Crippen LogP contribution in [0.15, 0.2) is 36.7 Å². The van der Waals surface area contributed by atoms with E-state index in [0.717, 1.165) is 0 Å². The molecular weight excluding hydrogens is 534 g/mol. The Labute approximate surface area is 223 Å². The average molecular weight is 562 g/mol. The molecule has 1 aliphatic rings. The van der Waals surface area contributed by atoms with E-state index in [0.29, 0.717) is 0 Å². The quantitative estimate of drug-likeness (QED) is 0.143. The molecule has 15 heteroatoms. The number of nitrogens with one attached hydrogen (secondary N) is 1. The van der Waals surface area contributed by atoms with Gasteiger partial charge in [-0.2, -0.15) is 19.4 Å². The van der Waals surface area contributed by atoms with Gasteiger partial charge >= 0.3 is 19.8 Å². The van der Waals surface area contributed by atoms with E-state index in [1.165, 1.54) is 17.8 Å². The van der Waals surface area contributed by atoms with Crippen molar-refractivity contribution in [3.8, 4) is 18.1 Å². The zero-order valence-electron chi connectivity index (χ0n) is 21.4. The van der Waals surface area contributed by atoms with Crippen molar-refractivity contribution < 1.29 is 37.4 Å². The van der Waals surface area contributed by atoms with Crippen LogP contribution in [0.4, 0.5) is 10.2 Å². The minimum absolute atomic E-state index is 0.0307.